The molecular formula is C19H24N2O4. The van der Waals surface area contributed by atoms with Crippen LogP contribution >= 0.6 is 0 Å². The lowest BCUT2D eigenvalue weighted by atomic mass is 9.94. The van der Waals surface area contributed by atoms with Crippen molar-refractivity contribution < 1.29 is 19.1 Å². The fourth-order valence-electron chi connectivity index (χ4n) is 4.03. The van der Waals surface area contributed by atoms with Crippen LogP contribution in [0.1, 0.15) is 37.3 Å². The number of benzene rings is 1. The summed E-state index contributed by atoms with van der Waals surface area (Å²) in [7, 11) is 1.80. The fraction of sp³-hybridized carbons (Fsp3) is 0.579. The van der Waals surface area contributed by atoms with Crippen molar-refractivity contribution in [3.05, 3.63) is 23.8 Å². The molecule has 0 bridgehead atoms. The highest BCUT2D eigenvalue weighted by molar-refractivity contribution is 5.87. The molecule has 2 atom stereocenters. The van der Waals surface area contributed by atoms with Gasteiger partial charge in [-0.1, -0.05) is 6.07 Å². The molecule has 2 amide bonds. The zero-order valence-electron chi connectivity index (χ0n) is 14.6. The van der Waals surface area contributed by atoms with E-state index in [-0.39, 0.29) is 23.8 Å². The van der Waals surface area contributed by atoms with Crippen LogP contribution in [-0.2, 0) is 9.59 Å². The van der Waals surface area contributed by atoms with Crippen LogP contribution in [0.5, 0.6) is 11.5 Å². The van der Waals surface area contributed by atoms with Crippen LogP contribution < -0.4 is 9.47 Å². The maximum atomic E-state index is 13.0. The van der Waals surface area contributed by atoms with Crippen LogP contribution in [0.3, 0.4) is 0 Å². The molecule has 0 aliphatic carbocycles. The lowest BCUT2D eigenvalue weighted by Crippen LogP contribution is -2.43. The molecule has 2 fully saturated rings. The van der Waals surface area contributed by atoms with Gasteiger partial charge in [0.05, 0.1) is 6.04 Å². The van der Waals surface area contributed by atoms with Gasteiger partial charge >= 0.3 is 0 Å². The molecule has 6 nitrogen and oxygen atoms in total. The molecule has 25 heavy (non-hydrogen) atoms. The number of hydrogen-bond acceptors (Lipinski definition) is 4. The number of fused-ring (bicyclic) bond motifs is 1. The molecule has 0 spiro atoms. The van der Waals surface area contributed by atoms with Gasteiger partial charge < -0.3 is 19.3 Å². The Morgan fingerprint density at radius 1 is 1.12 bits per heavy atom. The van der Waals surface area contributed by atoms with E-state index in [1.54, 1.807) is 11.9 Å². The molecule has 2 saturated heterocycles. The summed E-state index contributed by atoms with van der Waals surface area (Å²) in [6.45, 7) is 2.56. The minimum atomic E-state index is -0.179. The number of carbonyl (C=O) groups is 2. The van der Waals surface area contributed by atoms with Gasteiger partial charge in [0.1, 0.15) is 13.2 Å². The Bertz CT molecular complexity index is 690. The molecule has 6 heteroatoms. The average Bonchev–Trinajstić information content (AvgIpc) is 3.12. The number of ether oxygens (including phenoxy) is 2. The third-order valence-electron chi connectivity index (χ3n) is 5.50. The minimum absolute atomic E-state index is 0.0677. The van der Waals surface area contributed by atoms with Crippen molar-refractivity contribution in [2.45, 2.75) is 31.7 Å². The minimum Gasteiger partial charge on any atom is -0.486 e. The maximum Gasteiger partial charge on any atom is 0.226 e. The van der Waals surface area contributed by atoms with Gasteiger partial charge in [-0.15, -0.1) is 0 Å². The molecule has 1 aromatic rings. The number of nitrogens with zero attached hydrogens (tertiary/aromatic N) is 2. The molecule has 4 rings (SSSR count). The van der Waals surface area contributed by atoms with Crippen molar-refractivity contribution in [2.24, 2.45) is 5.92 Å². The summed E-state index contributed by atoms with van der Waals surface area (Å²) in [6.07, 6.45) is 3.03. The topological polar surface area (TPSA) is 59.1 Å². The average molecular weight is 344 g/mol. The molecular weight excluding hydrogens is 320 g/mol. The Hall–Kier alpha value is -2.24. The second-order valence-corrected chi connectivity index (χ2v) is 7.10. The van der Waals surface area contributed by atoms with Crippen molar-refractivity contribution >= 4 is 11.8 Å². The number of rotatable bonds is 2. The van der Waals surface area contributed by atoms with Crippen LogP contribution in [0.15, 0.2) is 18.2 Å². The van der Waals surface area contributed by atoms with E-state index in [0.29, 0.717) is 26.2 Å². The fourth-order valence-corrected chi connectivity index (χ4v) is 4.03. The first-order valence-electron chi connectivity index (χ1n) is 9.07. The largest absolute Gasteiger partial charge is 0.486 e. The Morgan fingerprint density at radius 2 is 1.92 bits per heavy atom. The highest BCUT2D eigenvalue weighted by atomic mass is 16.6. The van der Waals surface area contributed by atoms with Gasteiger partial charge in [-0.3, -0.25) is 9.59 Å². The summed E-state index contributed by atoms with van der Waals surface area (Å²) in [4.78, 5) is 28.7. The predicted molar refractivity (Wildman–Crippen MR) is 91.5 cm³/mol. The lowest BCUT2D eigenvalue weighted by Gasteiger charge is -2.33. The molecule has 0 unspecified atom stereocenters. The van der Waals surface area contributed by atoms with Crippen LogP contribution in [0.2, 0.25) is 0 Å². The van der Waals surface area contributed by atoms with Crippen molar-refractivity contribution in [1.82, 2.24) is 9.80 Å². The van der Waals surface area contributed by atoms with Crippen LogP contribution in [0, 0.1) is 5.92 Å². The van der Waals surface area contributed by atoms with E-state index in [9.17, 15) is 9.59 Å². The molecule has 0 N–H and O–H groups in total. The number of hydrogen-bond donors (Lipinski definition) is 0. The van der Waals surface area contributed by atoms with Crippen LogP contribution in [0.25, 0.3) is 0 Å². The Morgan fingerprint density at radius 3 is 2.72 bits per heavy atom. The molecule has 1 aromatic carbocycles. The first-order valence-corrected chi connectivity index (χ1v) is 9.07. The standard InChI is InChI=1S/C19H24N2O4/c1-20-8-6-14(12-18(20)22)19(23)21-7-2-3-15(21)13-4-5-16-17(11-13)25-10-9-24-16/h4-5,11,14-15H,2-3,6-10,12H2,1H3/t14-,15-/m1/s1. The van der Waals surface area contributed by atoms with Gasteiger partial charge in [-0.2, -0.15) is 0 Å². The third-order valence-corrected chi connectivity index (χ3v) is 5.50. The highest BCUT2D eigenvalue weighted by Gasteiger charge is 2.37. The van der Waals surface area contributed by atoms with E-state index in [0.717, 1.165) is 42.9 Å². The van der Waals surface area contributed by atoms with E-state index < -0.39 is 0 Å². The Kier molecular flexibility index (Phi) is 4.27. The summed E-state index contributed by atoms with van der Waals surface area (Å²) in [5, 5.41) is 0. The molecule has 3 heterocycles. The number of carbonyl (C=O) groups excluding carboxylic acids is 2. The SMILES string of the molecule is CN1CC[C@@H](C(=O)N2CCC[C@@H]2c2ccc3c(c2)OCCO3)CC1=O. The van der Waals surface area contributed by atoms with Gasteiger partial charge in [0.2, 0.25) is 11.8 Å². The Balaban J connectivity index is 1.52. The lowest BCUT2D eigenvalue weighted by molar-refractivity contribution is -0.145. The van der Waals surface area contributed by atoms with E-state index in [4.69, 9.17) is 9.47 Å². The number of amides is 2. The molecule has 0 saturated carbocycles. The summed E-state index contributed by atoms with van der Waals surface area (Å²) in [5.74, 6) is 1.55. The summed E-state index contributed by atoms with van der Waals surface area (Å²) in [5.41, 5.74) is 1.09. The molecule has 134 valence electrons. The van der Waals surface area contributed by atoms with Crippen LogP contribution in [-0.4, -0.2) is 55.0 Å². The number of piperidine rings is 1. The third kappa shape index (κ3) is 3.05. The van der Waals surface area contributed by atoms with Crippen molar-refractivity contribution in [2.75, 3.05) is 33.4 Å². The van der Waals surface area contributed by atoms with E-state index >= 15 is 0 Å². The zero-order chi connectivity index (χ0) is 17.4. The van der Waals surface area contributed by atoms with E-state index in [1.807, 2.05) is 23.1 Å². The second kappa shape index (κ2) is 6.58. The first kappa shape index (κ1) is 16.2. The zero-order valence-corrected chi connectivity index (χ0v) is 14.6. The summed E-state index contributed by atoms with van der Waals surface area (Å²) >= 11 is 0. The first-order chi connectivity index (χ1) is 12.1. The highest BCUT2D eigenvalue weighted by Crippen LogP contribution is 2.39. The summed E-state index contributed by atoms with van der Waals surface area (Å²) < 4.78 is 11.3. The van der Waals surface area contributed by atoms with Gasteiger partial charge in [0.15, 0.2) is 11.5 Å². The van der Waals surface area contributed by atoms with Gasteiger partial charge in [-0.05, 0) is 37.0 Å². The molecule has 0 radical (unpaired) electrons. The normalized spacial score (nSPS) is 26.0. The van der Waals surface area contributed by atoms with Gasteiger partial charge in [-0.25, -0.2) is 0 Å². The maximum absolute atomic E-state index is 13.0. The van der Waals surface area contributed by atoms with Crippen molar-refractivity contribution in [3.63, 3.8) is 0 Å². The molecule has 3 aliphatic rings. The quantitative estimate of drug-likeness (QED) is 0.823. The monoisotopic (exact) mass is 344 g/mol. The molecule has 3 aliphatic heterocycles. The molecule has 0 aromatic heterocycles. The second-order valence-electron chi connectivity index (χ2n) is 7.10. The predicted octanol–water partition coefficient (Wildman–Crippen LogP) is 1.99. The number of likely N-dealkylation sites (tertiary alicyclic amines) is 2. The summed E-state index contributed by atoms with van der Waals surface area (Å²) in [6, 6.07) is 6.04. The van der Waals surface area contributed by atoms with Crippen molar-refractivity contribution in [3.8, 4) is 11.5 Å². The van der Waals surface area contributed by atoms with Gasteiger partial charge in [0, 0.05) is 32.5 Å². The van der Waals surface area contributed by atoms with Crippen LogP contribution in [0.4, 0.5) is 0 Å². The Labute approximate surface area is 147 Å². The van der Waals surface area contributed by atoms with Gasteiger partial charge in [0.25, 0.3) is 0 Å². The van der Waals surface area contributed by atoms with E-state index in [1.165, 1.54) is 0 Å². The van der Waals surface area contributed by atoms with E-state index in [2.05, 4.69) is 0 Å². The smallest absolute Gasteiger partial charge is 0.226 e. The van der Waals surface area contributed by atoms with Crippen molar-refractivity contribution in [1.29, 1.82) is 0 Å².